The lowest BCUT2D eigenvalue weighted by Crippen LogP contribution is -2.24. The first-order valence-electron chi connectivity index (χ1n) is 5.63. The normalized spacial score (nSPS) is 11.3. The molecule has 0 amide bonds. The number of anilines is 1. The summed E-state index contributed by atoms with van der Waals surface area (Å²) in [6.45, 7) is 5.02. The molecule has 17 heavy (non-hydrogen) atoms. The average molecular weight is 298 g/mol. The van der Waals surface area contributed by atoms with E-state index in [9.17, 15) is 0 Å². The molecule has 0 saturated carbocycles. The smallest absolute Gasteiger partial charge is 0.243 e. The monoisotopic (exact) mass is 297 g/mol. The van der Waals surface area contributed by atoms with Crippen LogP contribution in [0.25, 0.3) is 5.65 Å². The minimum Gasteiger partial charge on any atom is -0.352 e. The Bertz CT molecular complexity index is 496. The molecule has 0 spiro atoms. The number of pyridine rings is 1. The Morgan fingerprint density at radius 1 is 1.47 bits per heavy atom. The molecule has 2 aromatic rings. The van der Waals surface area contributed by atoms with E-state index in [0.717, 1.165) is 29.8 Å². The number of nitrogens with one attached hydrogen (secondary N) is 1. The van der Waals surface area contributed by atoms with E-state index in [-0.39, 0.29) is 0 Å². The predicted molar refractivity (Wildman–Crippen MR) is 72.3 cm³/mol. The van der Waals surface area contributed by atoms with Crippen LogP contribution in [0.15, 0.2) is 22.8 Å². The minimum atomic E-state index is 0.674. The number of hydrogen-bond acceptors (Lipinski definition) is 4. The molecule has 92 valence electrons. The zero-order valence-corrected chi connectivity index (χ0v) is 11.6. The highest BCUT2D eigenvalue weighted by atomic mass is 79.9. The van der Waals surface area contributed by atoms with Gasteiger partial charge in [-0.25, -0.2) is 4.52 Å². The van der Waals surface area contributed by atoms with Crippen molar-refractivity contribution in [2.75, 3.05) is 32.0 Å². The van der Waals surface area contributed by atoms with Gasteiger partial charge in [-0.15, -0.1) is 5.10 Å². The van der Waals surface area contributed by atoms with Gasteiger partial charge in [0.2, 0.25) is 5.95 Å². The molecule has 0 aliphatic rings. The first kappa shape index (κ1) is 12.3. The van der Waals surface area contributed by atoms with E-state index >= 15 is 0 Å². The molecule has 0 saturated heterocycles. The van der Waals surface area contributed by atoms with Gasteiger partial charge in [-0.05, 0) is 41.7 Å². The highest BCUT2D eigenvalue weighted by Crippen LogP contribution is 2.11. The van der Waals surface area contributed by atoms with Crippen LogP contribution in [0.5, 0.6) is 0 Å². The summed E-state index contributed by atoms with van der Waals surface area (Å²) in [5.74, 6) is 0.674. The molecule has 0 radical (unpaired) electrons. The fraction of sp³-hybridized carbons (Fsp3) is 0.455. The summed E-state index contributed by atoms with van der Waals surface area (Å²) in [6, 6.07) is 3.89. The van der Waals surface area contributed by atoms with Crippen molar-refractivity contribution in [2.24, 2.45) is 0 Å². The molecular weight excluding hydrogens is 282 g/mol. The number of aromatic nitrogens is 3. The van der Waals surface area contributed by atoms with Crippen LogP contribution in [-0.4, -0.2) is 46.2 Å². The maximum atomic E-state index is 4.38. The van der Waals surface area contributed by atoms with Crippen LogP contribution in [0.2, 0.25) is 0 Å². The van der Waals surface area contributed by atoms with Crippen LogP contribution in [0, 0.1) is 0 Å². The maximum Gasteiger partial charge on any atom is 0.243 e. The molecule has 0 unspecified atom stereocenters. The number of likely N-dealkylation sites (N-methyl/N-ethyl adjacent to an activating group) is 1. The maximum absolute atomic E-state index is 4.38. The molecule has 0 atom stereocenters. The highest BCUT2D eigenvalue weighted by Gasteiger charge is 2.03. The van der Waals surface area contributed by atoms with Crippen LogP contribution in [0.3, 0.4) is 0 Å². The van der Waals surface area contributed by atoms with E-state index in [4.69, 9.17) is 0 Å². The molecule has 2 heterocycles. The van der Waals surface area contributed by atoms with Crippen LogP contribution < -0.4 is 5.32 Å². The number of fused-ring (bicyclic) bond motifs is 1. The molecule has 6 heteroatoms. The summed E-state index contributed by atoms with van der Waals surface area (Å²) in [7, 11) is 2.09. The molecule has 5 nitrogen and oxygen atoms in total. The third-order valence-corrected chi connectivity index (χ3v) is 3.08. The molecule has 2 aromatic heterocycles. The molecule has 0 fully saturated rings. The van der Waals surface area contributed by atoms with Gasteiger partial charge in [-0.1, -0.05) is 6.92 Å². The lowest BCUT2D eigenvalue weighted by molar-refractivity contribution is 0.367. The number of nitrogens with zero attached hydrogens (tertiary/aromatic N) is 4. The van der Waals surface area contributed by atoms with Crippen molar-refractivity contribution < 1.29 is 0 Å². The van der Waals surface area contributed by atoms with Gasteiger partial charge in [-0.3, -0.25) is 0 Å². The summed E-state index contributed by atoms with van der Waals surface area (Å²) < 4.78 is 2.75. The Morgan fingerprint density at radius 3 is 3.06 bits per heavy atom. The largest absolute Gasteiger partial charge is 0.352 e. The second-order valence-electron chi connectivity index (χ2n) is 3.91. The molecule has 0 aromatic carbocycles. The number of hydrogen-bond donors (Lipinski definition) is 1. The van der Waals surface area contributed by atoms with Gasteiger partial charge >= 0.3 is 0 Å². The SMILES string of the molecule is CCN(C)CCNc1nc2ccc(Br)cn2n1. The fourth-order valence-corrected chi connectivity index (χ4v) is 1.78. The quantitative estimate of drug-likeness (QED) is 0.915. The fourth-order valence-electron chi connectivity index (χ4n) is 1.45. The van der Waals surface area contributed by atoms with Crippen molar-refractivity contribution in [3.05, 3.63) is 22.8 Å². The van der Waals surface area contributed by atoms with Gasteiger partial charge in [0.1, 0.15) is 0 Å². The number of rotatable bonds is 5. The van der Waals surface area contributed by atoms with Crippen molar-refractivity contribution >= 4 is 27.5 Å². The van der Waals surface area contributed by atoms with Crippen molar-refractivity contribution in [3.63, 3.8) is 0 Å². The van der Waals surface area contributed by atoms with Gasteiger partial charge in [0.25, 0.3) is 0 Å². The second kappa shape index (κ2) is 5.46. The molecule has 0 aliphatic heterocycles. The van der Waals surface area contributed by atoms with E-state index in [2.05, 4.69) is 50.2 Å². The summed E-state index contributed by atoms with van der Waals surface area (Å²) >= 11 is 3.41. The summed E-state index contributed by atoms with van der Waals surface area (Å²) in [4.78, 5) is 6.61. The van der Waals surface area contributed by atoms with E-state index in [1.165, 1.54) is 0 Å². The molecule has 2 rings (SSSR count). The van der Waals surface area contributed by atoms with E-state index in [0.29, 0.717) is 5.95 Å². The Balaban J connectivity index is 1.99. The third-order valence-electron chi connectivity index (χ3n) is 2.61. The first-order chi connectivity index (χ1) is 8.19. The molecule has 0 bridgehead atoms. The third kappa shape index (κ3) is 3.17. The van der Waals surface area contributed by atoms with Crippen LogP contribution in [0.4, 0.5) is 5.95 Å². The topological polar surface area (TPSA) is 45.5 Å². The molecule has 0 aliphatic carbocycles. The standard InChI is InChI=1S/C11H16BrN5/c1-3-16(2)7-6-13-11-14-10-5-4-9(12)8-17(10)15-11/h4-5,8H,3,6-7H2,1-2H3,(H,13,15). The Labute approximate surface area is 109 Å². The number of halogens is 1. The second-order valence-corrected chi connectivity index (χ2v) is 4.82. The minimum absolute atomic E-state index is 0.674. The lowest BCUT2D eigenvalue weighted by atomic mass is 10.5. The van der Waals surface area contributed by atoms with Gasteiger partial charge in [0.05, 0.1) is 0 Å². The van der Waals surface area contributed by atoms with Crippen LogP contribution >= 0.6 is 15.9 Å². The van der Waals surface area contributed by atoms with Crippen LogP contribution in [-0.2, 0) is 0 Å². The van der Waals surface area contributed by atoms with Gasteiger partial charge in [0.15, 0.2) is 5.65 Å². The van der Waals surface area contributed by atoms with E-state index in [1.807, 2.05) is 18.3 Å². The van der Waals surface area contributed by atoms with Crippen LogP contribution in [0.1, 0.15) is 6.92 Å². The Kier molecular flexibility index (Phi) is 3.96. The molecule has 1 N–H and O–H groups in total. The van der Waals surface area contributed by atoms with Gasteiger partial charge in [0, 0.05) is 23.8 Å². The summed E-state index contributed by atoms with van der Waals surface area (Å²) in [5.41, 5.74) is 0.847. The highest BCUT2D eigenvalue weighted by molar-refractivity contribution is 9.10. The summed E-state index contributed by atoms with van der Waals surface area (Å²) in [6.07, 6.45) is 1.89. The Morgan fingerprint density at radius 2 is 2.29 bits per heavy atom. The predicted octanol–water partition coefficient (Wildman–Crippen LogP) is 1.86. The van der Waals surface area contributed by atoms with Gasteiger partial charge in [-0.2, -0.15) is 4.98 Å². The average Bonchev–Trinajstić information content (AvgIpc) is 2.70. The summed E-state index contributed by atoms with van der Waals surface area (Å²) in [5, 5.41) is 7.56. The van der Waals surface area contributed by atoms with E-state index in [1.54, 1.807) is 4.52 Å². The zero-order chi connectivity index (χ0) is 12.3. The Hall–Kier alpha value is -1.14. The lowest BCUT2D eigenvalue weighted by Gasteiger charge is -2.12. The zero-order valence-electron chi connectivity index (χ0n) is 10.0. The van der Waals surface area contributed by atoms with Crippen molar-refractivity contribution in [3.8, 4) is 0 Å². The van der Waals surface area contributed by atoms with Crippen molar-refractivity contribution in [1.29, 1.82) is 0 Å². The van der Waals surface area contributed by atoms with Gasteiger partial charge < -0.3 is 10.2 Å². The van der Waals surface area contributed by atoms with Crippen molar-refractivity contribution in [1.82, 2.24) is 19.5 Å². The first-order valence-corrected chi connectivity index (χ1v) is 6.42. The van der Waals surface area contributed by atoms with Crippen molar-refractivity contribution in [2.45, 2.75) is 6.92 Å². The molecular formula is C11H16BrN5. The van der Waals surface area contributed by atoms with E-state index < -0.39 is 0 Å².